The molecule has 0 radical (unpaired) electrons. The Hall–Kier alpha value is -2.11. The molecule has 0 saturated heterocycles. The molecule has 0 spiro atoms. The molecule has 6 heteroatoms. The molecule has 0 bridgehead atoms. The largest absolute Gasteiger partial charge is 0.329 e. The maximum Gasteiger partial charge on any atom is 0.274 e. The fraction of sp³-hybridized carbons (Fsp3) is 0.368. The van der Waals surface area contributed by atoms with Crippen molar-refractivity contribution in [1.82, 2.24) is 4.57 Å². The van der Waals surface area contributed by atoms with Gasteiger partial charge >= 0.3 is 0 Å². The van der Waals surface area contributed by atoms with Crippen LogP contribution < -0.4 is 16.6 Å². The molecule has 5 nitrogen and oxygen atoms in total. The number of carbonyl (C=O) groups is 1. The smallest absolute Gasteiger partial charge is 0.274 e. The average Bonchev–Trinajstić information content (AvgIpc) is 2.61. The van der Waals surface area contributed by atoms with Crippen LogP contribution in [0.25, 0.3) is 0 Å². The number of aromatic nitrogens is 1. The van der Waals surface area contributed by atoms with Gasteiger partial charge in [-0.25, -0.2) is 0 Å². The van der Waals surface area contributed by atoms with Crippen LogP contribution in [0.2, 0.25) is 0 Å². The molecule has 0 fully saturated rings. The van der Waals surface area contributed by atoms with E-state index in [0.29, 0.717) is 19.4 Å². The zero-order chi connectivity index (χ0) is 17.6. The van der Waals surface area contributed by atoms with Gasteiger partial charge in [-0.2, -0.15) is 0 Å². The van der Waals surface area contributed by atoms with E-state index in [1.807, 2.05) is 44.2 Å². The number of amides is 1. The second-order valence-corrected chi connectivity index (χ2v) is 5.99. The third kappa shape index (κ3) is 4.71. The van der Waals surface area contributed by atoms with Crippen molar-refractivity contribution in [2.75, 3.05) is 11.9 Å². The molecular formula is C19H26ClN3O2. The van der Waals surface area contributed by atoms with Gasteiger partial charge in [-0.05, 0) is 30.5 Å². The summed E-state index contributed by atoms with van der Waals surface area (Å²) in [5, 5.41) is 2.78. The first-order valence-corrected chi connectivity index (χ1v) is 8.31. The summed E-state index contributed by atoms with van der Waals surface area (Å²) in [4.78, 5) is 25.2. The number of nitrogens with zero attached hydrogens (tertiary/aromatic N) is 1. The molecule has 0 atom stereocenters. The summed E-state index contributed by atoms with van der Waals surface area (Å²) >= 11 is 0. The number of halogens is 1. The van der Waals surface area contributed by atoms with Crippen LogP contribution in [0.4, 0.5) is 5.69 Å². The topological polar surface area (TPSA) is 77.1 Å². The van der Waals surface area contributed by atoms with Gasteiger partial charge in [-0.1, -0.05) is 44.2 Å². The summed E-state index contributed by atoms with van der Waals surface area (Å²) in [7, 11) is 0. The molecule has 0 aliphatic carbocycles. The van der Waals surface area contributed by atoms with Crippen molar-refractivity contribution in [2.24, 2.45) is 11.1 Å². The van der Waals surface area contributed by atoms with E-state index in [0.717, 1.165) is 5.56 Å². The molecular weight excluding hydrogens is 338 g/mol. The van der Waals surface area contributed by atoms with Crippen LogP contribution in [0.15, 0.2) is 53.5 Å². The Morgan fingerprint density at radius 1 is 1.12 bits per heavy atom. The molecule has 0 saturated carbocycles. The van der Waals surface area contributed by atoms with E-state index in [1.165, 1.54) is 0 Å². The first-order chi connectivity index (χ1) is 11.6. The van der Waals surface area contributed by atoms with Gasteiger partial charge in [0.1, 0.15) is 5.69 Å². The number of hydrogen-bond donors (Lipinski definition) is 2. The van der Waals surface area contributed by atoms with E-state index in [9.17, 15) is 9.59 Å². The molecule has 0 unspecified atom stereocenters. The predicted molar refractivity (Wildman–Crippen MR) is 104 cm³/mol. The minimum atomic E-state index is -0.632. The van der Waals surface area contributed by atoms with Crippen LogP contribution in [-0.4, -0.2) is 17.0 Å². The Morgan fingerprint density at radius 3 is 2.32 bits per heavy atom. The summed E-state index contributed by atoms with van der Waals surface area (Å²) < 4.78 is 1.59. The first kappa shape index (κ1) is 20.9. The summed E-state index contributed by atoms with van der Waals surface area (Å²) in [6.45, 7) is 4.60. The number of rotatable bonds is 7. The monoisotopic (exact) mass is 363 g/mol. The van der Waals surface area contributed by atoms with E-state index < -0.39 is 5.41 Å². The van der Waals surface area contributed by atoms with Crippen molar-refractivity contribution in [3.63, 3.8) is 0 Å². The van der Waals surface area contributed by atoms with Crippen molar-refractivity contribution in [3.8, 4) is 0 Å². The Morgan fingerprint density at radius 2 is 1.76 bits per heavy atom. The lowest BCUT2D eigenvalue weighted by Gasteiger charge is -2.28. The zero-order valence-electron chi connectivity index (χ0n) is 14.7. The Labute approximate surface area is 154 Å². The van der Waals surface area contributed by atoms with Crippen LogP contribution in [0.3, 0.4) is 0 Å². The van der Waals surface area contributed by atoms with Crippen LogP contribution in [0, 0.1) is 5.41 Å². The third-order valence-electron chi connectivity index (χ3n) is 4.69. The quantitative estimate of drug-likeness (QED) is 0.793. The molecule has 1 amide bonds. The number of hydrogen-bond acceptors (Lipinski definition) is 3. The highest BCUT2D eigenvalue weighted by Crippen LogP contribution is 2.26. The summed E-state index contributed by atoms with van der Waals surface area (Å²) in [6.07, 6.45) is 2.99. The average molecular weight is 364 g/mol. The number of nitrogens with two attached hydrogens (primary N) is 1. The van der Waals surface area contributed by atoms with E-state index in [4.69, 9.17) is 5.73 Å². The van der Waals surface area contributed by atoms with Crippen molar-refractivity contribution in [3.05, 3.63) is 64.6 Å². The second-order valence-electron chi connectivity index (χ2n) is 5.99. The van der Waals surface area contributed by atoms with Gasteiger partial charge in [0.25, 0.3) is 5.56 Å². The van der Waals surface area contributed by atoms with Gasteiger partial charge in [-0.15, -0.1) is 12.4 Å². The Bertz CT molecular complexity index is 732. The molecule has 2 rings (SSSR count). The van der Waals surface area contributed by atoms with Crippen LogP contribution in [0.5, 0.6) is 0 Å². The lowest BCUT2D eigenvalue weighted by molar-refractivity contribution is -0.125. The molecule has 25 heavy (non-hydrogen) atoms. The normalized spacial score (nSPS) is 10.8. The maximum atomic E-state index is 12.6. The standard InChI is InChI=1S/C19H25N3O2.ClH/c1-3-19(4-2,14-20)18(24)21-16-11-8-12-22(17(16)23)13-15-9-6-5-7-10-15;/h5-12H,3-4,13-14,20H2,1-2H3,(H,21,24);1H. The number of benzene rings is 1. The molecule has 0 aliphatic heterocycles. The van der Waals surface area contributed by atoms with Crippen LogP contribution in [0.1, 0.15) is 32.3 Å². The van der Waals surface area contributed by atoms with Crippen LogP contribution >= 0.6 is 12.4 Å². The summed E-state index contributed by atoms with van der Waals surface area (Å²) in [5.41, 5.74) is 6.28. The minimum Gasteiger partial charge on any atom is -0.329 e. The highest BCUT2D eigenvalue weighted by atomic mass is 35.5. The summed E-state index contributed by atoms with van der Waals surface area (Å²) in [5.74, 6) is -0.190. The van der Waals surface area contributed by atoms with Gasteiger partial charge < -0.3 is 15.6 Å². The highest BCUT2D eigenvalue weighted by molar-refractivity contribution is 5.95. The molecule has 1 heterocycles. The molecule has 1 aromatic heterocycles. The molecule has 2 aromatic rings. The van der Waals surface area contributed by atoms with Gasteiger partial charge in [0.2, 0.25) is 5.91 Å². The van der Waals surface area contributed by atoms with Crippen molar-refractivity contribution >= 4 is 24.0 Å². The molecule has 0 aliphatic rings. The van der Waals surface area contributed by atoms with Crippen LogP contribution in [-0.2, 0) is 11.3 Å². The predicted octanol–water partition coefficient (Wildman–Crippen LogP) is 3.02. The third-order valence-corrected chi connectivity index (χ3v) is 4.69. The number of anilines is 1. The fourth-order valence-electron chi connectivity index (χ4n) is 2.74. The van der Waals surface area contributed by atoms with E-state index >= 15 is 0 Å². The van der Waals surface area contributed by atoms with Gasteiger partial charge in [0.15, 0.2) is 0 Å². The second kappa shape index (κ2) is 9.39. The van der Waals surface area contributed by atoms with Gasteiger partial charge in [0, 0.05) is 12.7 Å². The molecule has 1 aromatic carbocycles. The number of carbonyl (C=O) groups excluding carboxylic acids is 1. The number of nitrogens with one attached hydrogen (secondary N) is 1. The highest BCUT2D eigenvalue weighted by Gasteiger charge is 2.33. The first-order valence-electron chi connectivity index (χ1n) is 8.31. The van der Waals surface area contributed by atoms with E-state index in [1.54, 1.807) is 22.9 Å². The van der Waals surface area contributed by atoms with Crippen molar-refractivity contribution in [2.45, 2.75) is 33.2 Å². The maximum absolute atomic E-state index is 12.6. The number of pyridine rings is 1. The zero-order valence-corrected chi connectivity index (χ0v) is 15.5. The fourth-order valence-corrected chi connectivity index (χ4v) is 2.74. The van der Waals surface area contributed by atoms with Gasteiger partial charge in [-0.3, -0.25) is 9.59 Å². The Balaban J connectivity index is 0.00000312. The van der Waals surface area contributed by atoms with E-state index in [-0.39, 0.29) is 36.1 Å². The summed E-state index contributed by atoms with van der Waals surface area (Å²) in [6, 6.07) is 13.1. The SMILES string of the molecule is CCC(CC)(CN)C(=O)Nc1cccn(Cc2ccccc2)c1=O.Cl. The Kier molecular flexibility index (Phi) is 7.87. The lowest BCUT2D eigenvalue weighted by atomic mass is 9.81. The molecule has 136 valence electrons. The van der Waals surface area contributed by atoms with Gasteiger partial charge in [0.05, 0.1) is 12.0 Å². The minimum absolute atomic E-state index is 0. The van der Waals surface area contributed by atoms with E-state index in [2.05, 4.69) is 5.32 Å². The van der Waals surface area contributed by atoms with Crippen molar-refractivity contribution in [1.29, 1.82) is 0 Å². The lowest BCUT2D eigenvalue weighted by Crippen LogP contribution is -2.42. The van der Waals surface area contributed by atoms with Crippen molar-refractivity contribution < 1.29 is 4.79 Å². The molecule has 3 N–H and O–H groups in total.